The molecule has 3 aromatic carbocycles. The Bertz CT molecular complexity index is 1300. The van der Waals surface area contributed by atoms with Gasteiger partial charge in [-0.05, 0) is 55.5 Å². The van der Waals surface area contributed by atoms with Crippen LogP contribution in [0.1, 0.15) is 25.3 Å². The molecule has 0 aliphatic heterocycles. The monoisotopic (exact) mass is 496 g/mol. The number of rotatable bonds is 7. The second kappa shape index (κ2) is 8.80. The molecule has 3 atom stereocenters. The maximum Gasteiger partial charge on any atom is 0.198 e. The van der Waals surface area contributed by atoms with Crippen LogP contribution in [0.25, 0.3) is 0 Å². The molecule has 0 aromatic heterocycles. The average molecular weight is 497 g/mol. The molecule has 0 spiro atoms. The van der Waals surface area contributed by atoms with Gasteiger partial charge in [-0.15, -0.1) is 6.58 Å². The quantitative estimate of drug-likeness (QED) is 0.477. The summed E-state index contributed by atoms with van der Waals surface area (Å²) in [6, 6.07) is 24.3. The van der Waals surface area contributed by atoms with Gasteiger partial charge in [0, 0.05) is 5.92 Å². The predicted octanol–water partition coefficient (Wildman–Crippen LogP) is 4.75. The molecule has 0 bridgehead atoms. The van der Waals surface area contributed by atoms with Crippen molar-refractivity contribution in [3.8, 4) is 0 Å². The van der Waals surface area contributed by atoms with Crippen LogP contribution in [0, 0.1) is 11.8 Å². The van der Waals surface area contributed by atoms with Crippen LogP contribution in [-0.4, -0.2) is 26.0 Å². The molecule has 178 valence electrons. The summed E-state index contributed by atoms with van der Waals surface area (Å²) in [5.74, 6) is -1.24. The molecule has 5 nitrogen and oxygen atoms in total. The van der Waals surface area contributed by atoms with Crippen LogP contribution < -0.4 is 0 Å². The van der Waals surface area contributed by atoms with E-state index in [2.05, 4.69) is 6.58 Å². The van der Waals surface area contributed by atoms with Crippen molar-refractivity contribution in [2.75, 3.05) is 0 Å². The molecule has 1 aliphatic rings. The summed E-state index contributed by atoms with van der Waals surface area (Å²) in [6.45, 7) is 5.49. The first-order valence-electron chi connectivity index (χ1n) is 11.1. The first-order valence-corrected chi connectivity index (χ1v) is 14.0. The van der Waals surface area contributed by atoms with E-state index in [1.807, 2.05) is 6.07 Å². The minimum Gasteiger partial charge on any atom is -0.385 e. The fraction of sp³-hybridized carbons (Fsp3) is 0.259. The van der Waals surface area contributed by atoms with E-state index < -0.39 is 41.2 Å². The fourth-order valence-electron chi connectivity index (χ4n) is 5.14. The second-order valence-corrected chi connectivity index (χ2v) is 13.7. The summed E-state index contributed by atoms with van der Waals surface area (Å²) in [6.07, 6.45) is 1.11. The zero-order valence-corrected chi connectivity index (χ0v) is 20.5. The lowest BCUT2D eigenvalue weighted by molar-refractivity contribution is -0.0152. The summed E-state index contributed by atoms with van der Waals surface area (Å²) >= 11 is 0. The van der Waals surface area contributed by atoms with Gasteiger partial charge in [-0.1, -0.05) is 72.8 Å². The number of benzene rings is 3. The molecule has 0 radical (unpaired) electrons. The molecule has 3 aromatic rings. The first kappa shape index (κ1) is 24.4. The van der Waals surface area contributed by atoms with E-state index in [0.717, 1.165) is 0 Å². The van der Waals surface area contributed by atoms with Crippen molar-refractivity contribution in [1.29, 1.82) is 0 Å². The Morgan fingerprint density at radius 2 is 1.21 bits per heavy atom. The minimum atomic E-state index is -4.37. The zero-order valence-electron chi connectivity index (χ0n) is 18.9. The molecular formula is C27H28O5S2. The number of hydrogen-bond donors (Lipinski definition) is 1. The van der Waals surface area contributed by atoms with Crippen LogP contribution in [0.4, 0.5) is 0 Å². The molecule has 1 fully saturated rings. The normalized spacial score (nSPS) is 22.1. The lowest BCUT2D eigenvalue weighted by atomic mass is 9.77. The molecule has 7 heteroatoms. The maximum atomic E-state index is 14.2. The third-order valence-corrected chi connectivity index (χ3v) is 12.8. The fourth-order valence-corrected chi connectivity index (χ4v) is 10.4. The van der Waals surface area contributed by atoms with Gasteiger partial charge in [-0.25, -0.2) is 16.8 Å². The van der Waals surface area contributed by atoms with E-state index in [1.54, 1.807) is 73.7 Å². The van der Waals surface area contributed by atoms with E-state index in [4.69, 9.17) is 0 Å². The van der Waals surface area contributed by atoms with Gasteiger partial charge in [0.1, 0.15) is 0 Å². The Kier molecular flexibility index (Phi) is 6.31. The van der Waals surface area contributed by atoms with Crippen molar-refractivity contribution in [2.24, 2.45) is 11.8 Å². The molecule has 34 heavy (non-hydrogen) atoms. The minimum absolute atomic E-state index is 0.0580. The topological polar surface area (TPSA) is 88.5 Å². The molecule has 4 rings (SSSR count). The maximum absolute atomic E-state index is 14.2. The summed E-state index contributed by atoms with van der Waals surface area (Å²) < 4.78 is 54.4. The molecule has 0 saturated heterocycles. The first-order chi connectivity index (χ1) is 16.1. The van der Waals surface area contributed by atoms with Gasteiger partial charge < -0.3 is 5.11 Å². The average Bonchev–Trinajstić information content (AvgIpc) is 3.29. The van der Waals surface area contributed by atoms with Gasteiger partial charge >= 0.3 is 0 Å². The Morgan fingerprint density at radius 1 is 0.794 bits per heavy atom. The van der Waals surface area contributed by atoms with Gasteiger partial charge in [0.05, 0.1) is 15.4 Å². The molecule has 0 amide bonds. The smallest absolute Gasteiger partial charge is 0.198 e. The van der Waals surface area contributed by atoms with Crippen LogP contribution in [0.15, 0.2) is 113 Å². The number of hydrogen-bond acceptors (Lipinski definition) is 5. The van der Waals surface area contributed by atoms with E-state index in [-0.39, 0.29) is 22.6 Å². The summed E-state index contributed by atoms with van der Waals surface area (Å²) in [5.41, 5.74) is -0.878. The SMILES string of the molecule is C=CC1CC(S(=O)(=O)c2ccccc2)(S(=O)(=O)c2ccccc2)CC1C(C)(O)c1ccccc1. The second-order valence-electron chi connectivity index (χ2n) is 8.97. The summed E-state index contributed by atoms with van der Waals surface area (Å²) in [5, 5.41) is 11.7. The molecule has 3 unspecified atom stereocenters. The van der Waals surface area contributed by atoms with Crippen molar-refractivity contribution in [3.63, 3.8) is 0 Å². The summed E-state index contributed by atoms with van der Waals surface area (Å²) in [4.78, 5) is -0.116. The van der Waals surface area contributed by atoms with Gasteiger partial charge in [0.25, 0.3) is 0 Å². The largest absolute Gasteiger partial charge is 0.385 e. The van der Waals surface area contributed by atoms with Crippen molar-refractivity contribution in [3.05, 3.63) is 109 Å². The highest BCUT2D eigenvalue weighted by Gasteiger charge is 2.64. The highest BCUT2D eigenvalue weighted by Crippen LogP contribution is 2.56. The van der Waals surface area contributed by atoms with Crippen LogP contribution in [0.3, 0.4) is 0 Å². The van der Waals surface area contributed by atoms with Gasteiger partial charge in [0.2, 0.25) is 0 Å². The van der Waals surface area contributed by atoms with E-state index in [0.29, 0.717) is 5.56 Å². The van der Waals surface area contributed by atoms with Crippen LogP contribution in [0.2, 0.25) is 0 Å². The van der Waals surface area contributed by atoms with Crippen LogP contribution in [0.5, 0.6) is 0 Å². The molecular weight excluding hydrogens is 468 g/mol. The molecule has 1 aliphatic carbocycles. The summed E-state index contributed by atoms with van der Waals surface area (Å²) in [7, 11) is -8.74. The van der Waals surface area contributed by atoms with Crippen LogP contribution >= 0.6 is 0 Å². The number of sulfone groups is 2. The standard InChI is InChI=1S/C27H28O5S2/c1-3-21-19-27(33(29,30)23-15-9-5-10-16-23,34(31,32)24-17-11-6-12-18-24)20-25(21)26(2,28)22-13-7-4-8-14-22/h3-18,21,25,28H,1,19-20H2,2H3. The van der Waals surface area contributed by atoms with Crippen molar-refractivity contribution < 1.29 is 21.9 Å². The Hall–Kier alpha value is -2.74. The van der Waals surface area contributed by atoms with Crippen molar-refractivity contribution in [2.45, 2.75) is 39.2 Å². The molecule has 1 saturated carbocycles. The zero-order chi connectivity index (χ0) is 24.6. The van der Waals surface area contributed by atoms with E-state index in [9.17, 15) is 21.9 Å². The molecule has 0 heterocycles. The Morgan fingerprint density at radius 3 is 1.62 bits per heavy atom. The van der Waals surface area contributed by atoms with E-state index in [1.165, 1.54) is 24.3 Å². The Labute approximate surface area is 201 Å². The third kappa shape index (κ3) is 3.72. The van der Waals surface area contributed by atoms with Crippen LogP contribution in [-0.2, 0) is 25.3 Å². The lowest BCUT2D eigenvalue weighted by Crippen LogP contribution is -2.45. The van der Waals surface area contributed by atoms with Gasteiger partial charge in [0.15, 0.2) is 23.8 Å². The van der Waals surface area contributed by atoms with Gasteiger partial charge in [-0.3, -0.25) is 0 Å². The highest BCUT2D eigenvalue weighted by molar-refractivity contribution is 8.10. The third-order valence-electron chi connectivity index (χ3n) is 7.06. The number of aliphatic hydroxyl groups is 1. The highest BCUT2D eigenvalue weighted by atomic mass is 32.3. The van der Waals surface area contributed by atoms with Crippen molar-refractivity contribution in [1.82, 2.24) is 0 Å². The lowest BCUT2D eigenvalue weighted by Gasteiger charge is -2.35. The Balaban J connectivity index is 1.96. The van der Waals surface area contributed by atoms with Gasteiger partial charge in [-0.2, -0.15) is 0 Å². The predicted molar refractivity (Wildman–Crippen MR) is 132 cm³/mol. The number of allylic oxidation sites excluding steroid dienone is 1. The molecule has 1 N–H and O–H groups in total. The van der Waals surface area contributed by atoms with E-state index >= 15 is 0 Å². The van der Waals surface area contributed by atoms with Crippen molar-refractivity contribution >= 4 is 19.7 Å².